The highest BCUT2D eigenvalue weighted by atomic mass is 28.3. The van der Waals surface area contributed by atoms with E-state index in [1.54, 1.807) is 0 Å². The first-order chi connectivity index (χ1) is 45.6. The van der Waals surface area contributed by atoms with Gasteiger partial charge in [0.05, 0.1) is 22.3 Å². The van der Waals surface area contributed by atoms with Crippen molar-refractivity contribution >= 4 is 33.7 Å². The van der Waals surface area contributed by atoms with Crippen molar-refractivity contribution in [1.29, 1.82) is 0 Å². The molecule has 0 atom stereocenters. The molecule has 3 radical (unpaired) electrons. The normalized spacial score (nSPS) is 10.7. The molecule has 8 aromatic carbocycles. The molecular formula is C57H34BF36O3Si3. The van der Waals surface area contributed by atoms with E-state index in [0.717, 1.165) is 0 Å². The van der Waals surface area contributed by atoms with Gasteiger partial charge in [0, 0.05) is 48.6 Å². The van der Waals surface area contributed by atoms with E-state index in [0.29, 0.717) is 0 Å². The van der Waals surface area contributed by atoms with Gasteiger partial charge in [-0.1, -0.05) is 58.9 Å². The molecule has 0 aliphatic rings. The summed E-state index contributed by atoms with van der Waals surface area (Å²) in [6.45, 7) is 20.4. The summed E-state index contributed by atoms with van der Waals surface area (Å²) in [5, 5.41) is 21.5. The predicted molar refractivity (Wildman–Crippen MR) is 288 cm³/mol. The molecule has 0 spiro atoms. The first kappa shape index (κ1) is 89.8. The third-order valence-corrected chi connectivity index (χ3v) is 10.3. The average molecular weight is 1550 g/mol. The van der Waals surface area contributed by atoms with E-state index in [-0.39, 0.29) is 50.7 Å². The summed E-state index contributed by atoms with van der Waals surface area (Å²) in [7, 11) is -1.81. The SMILES string of the molecule is C[Si](C)C.C[Si](C)C.C[Si](C)C.Fc1cc(-c2c(F)c(F)c(F)c(F)c2F)c(F)c(F)c1F.Fc1cc(-c2c(F)c(F)c(F)c(F)c2F)c(F)c(F)c1F.Fc1cc(-c2c(F)c(F)c(F)c(F)c2F)c(F)c(F)c1F.Fc1cc(-c2c(F)c(F)c(F)c(F)c2F)c(F)c(F)c1F.OB(O)O. The Morgan fingerprint density at radius 3 is 0.350 bits per heavy atom. The third-order valence-electron chi connectivity index (χ3n) is 10.3. The van der Waals surface area contributed by atoms with Crippen LogP contribution in [0.25, 0.3) is 44.5 Å². The summed E-state index contributed by atoms with van der Waals surface area (Å²) in [6.07, 6.45) is 0. The van der Waals surface area contributed by atoms with E-state index < -0.39 is 261 Å². The van der Waals surface area contributed by atoms with Crippen LogP contribution in [0.15, 0.2) is 24.3 Å². The van der Waals surface area contributed by atoms with Crippen molar-refractivity contribution in [2.45, 2.75) is 58.9 Å². The summed E-state index contributed by atoms with van der Waals surface area (Å²) in [5.74, 6) is -86.0. The molecule has 0 bridgehead atoms. The van der Waals surface area contributed by atoms with Crippen LogP contribution in [0.1, 0.15) is 0 Å². The molecule has 0 saturated carbocycles. The molecule has 3 N–H and O–H groups in total. The van der Waals surface area contributed by atoms with Crippen molar-refractivity contribution in [2.24, 2.45) is 0 Å². The molecule has 0 amide bonds. The van der Waals surface area contributed by atoms with Gasteiger partial charge in [-0.2, -0.15) is 0 Å². The average Bonchev–Trinajstić information content (AvgIpc) is 0.784. The molecule has 547 valence electrons. The standard InChI is InChI=1S/4C12HF9.3C3H9Si.BH3O3/c4*13-3-1-2(5(14)9(18)6(3)15)4-7(16)10(19)12(21)11(20)8(4)17;3*1-4(2)3;2-1(3)4/h4*1H;3*1-3H3;2-4H. The van der Waals surface area contributed by atoms with Crippen LogP contribution >= 0.6 is 0 Å². The van der Waals surface area contributed by atoms with Crippen LogP contribution in [0.3, 0.4) is 0 Å². The van der Waals surface area contributed by atoms with Crippen molar-refractivity contribution in [3.05, 3.63) is 234 Å². The zero-order valence-electron chi connectivity index (χ0n) is 50.3. The fraction of sp³-hybridized carbons (Fsp3) is 0.158. The van der Waals surface area contributed by atoms with E-state index >= 15 is 0 Å². The number of rotatable bonds is 4. The molecule has 3 nitrogen and oxygen atoms in total. The molecule has 100 heavy (non-hydrogen) atoms. The van der Waals surface area contributed by atoms with Crippen LogP contribution in [-0.4, -0.2) is 48.8 Å². The smallest absolute Gasteiger partial charge is 0.402 e. The minimum Gasteiger partial charge on any atom is -0.402 e. The minimum absolute atomic E-state index is 0.120. The second-order valence-corrected chi connectivity index (χ2v) is 29.0. The van der Waals surface area contributed by atoms with Gasteiger partial charge in [0.25, 0.3) is 0 Å². The van der Waals surface area contributed by atoms with Crippen LogP contribution in [0.5, 0.6) is 0 Å². The van der Waals surface area contributed by atoms with Crippen molar-refractivity contribution in [2.75, 3.05) is 0 Å². The second-order valence-electron chi connectivity index (χ2n) is 20.0. The number of benzene rings is 8. The van der Waals surface area contributed by atoms with Crippen LogP contribution in [0.4, 0.5) is 158 Å². The number of hydrogen-bond donors (Lipinski definition) is 3. The minimum atomic E-state index is -2.53. The zero-order valence-corrected chi connectivity index (χ0v) is 53.3. The van der Waals surface area contributed by atoms with Gasteiger partial charge in [-0.3, -0.25) is 0 Å². The van der Waals surface area contributed by atoms with Gasteiger partial charge in [-0.25, -0.2) is 158 Å². The fourth-order valence-electron chi connectivity index (χ4n) is 6.38. The maximum Gasteiger partial charge on any atom is 0.631 e. The second kappa shape index (κ2) is 37.5. The van der Waals surface area contributed by atoms with Gasteiger partial charge in [-0.05, 0) is 24.3 Å². The molecule has 0 fully saturated rings. The molecule has 0 saturated heterocycles. The quantitative estimate of drug-likeness (QED) is 0.0712. The van der Waals surface area contributed by atoms with Gasteiger partial charge < -0.3 is 15.1 Å². The Labute approximate surface area is 542 Å². The third kappa shape index (κ3) is 21.0. The lowest BCUT2D eigenvalue weighted by atomic mass is 10.0. The first-order valence-corrected chi connectivity index (χ1v) is 34.4. The summed E-state index contributed by atoms with van der Waals surface area (Å²) in [4.78, 5) is 0. The summed E-state index contributed by atoms with van der Waals surface area (Å²) in [5.41, 5.74) is -14.2. The lowest BCUT2D eigenvalue weighted by Crippen LogP contribution is -2.07. The van der Waals surface area contributed by atoms with Gasteiger partial charge in [0.2, 0.25) is 23.3 Å². The maximum atomic E-state index is 13.4. The number of hydrogen-bond acceptors (Lipinski definition) is 3. The van der Waals surface area contributed by atoms with Gasteiger partial charge in [0.1, 0.15) is 0 Å². The van der Waals surface area contributed by atoms with Crippen molar-refractivity contribution < 1.29 is 173 Å². The molecule has 0 aliphatic carbocycles. The van der Waals surface area contributed by atoms with Gasteiger partial charge >= 0.3 is 7.32 Å². The summed E-state index contributed by atoms with van der Waals surface area (Å²) in [6, 6.07) is -0.865. The molecule has 43 heteroatoms. The van der Waals surface area contributed by atoms with E-state index in [1.165, 1.54) is 0 Å². The Balaban J connectivity index is 0.000000619. The highest BCUT2D eigenvalue weighted by molar-refractivity contribution is 6.54. The molecular weight excluding hydrogens is 1510 g/mol. The van der Waals surface area contributed by atoms with E-state index in [9.17, 15) is 158 Å². The fourth-order valence-corrected chi connectivity index (χ4v) is 6.38. The van der Waals surface area contributed by atoms with Crippen LogP contribution in [0, 0.1) is 209 Å². The van der Waals surface area contributed by atoms with E-state index in [4.69, 9.17) is 15.1 Å². The van der Waals surface area contributed by atoms with Crippen LogP contribution in [0.2, 0.25) is 58.9 Å². The van der Waals surface area contributed by atoms with E-state index in [1.807, 2.05) is 0 Å². The van der Waals surface area contributed by atoms with Crippen molar-refractivity contribution in [3.63, 3.8) is 0 Å². The maximum absolute atomic E-state index is 13.4. The zero-order chi connectivity index (χ0) is 78.5. The Bertz CT molecular complexity index is 3640. The monoisotopic (exact) mass is 1550 g/mol. The Morgan fingerprint density at radius 2 is 0.250 bits per heavy atom. The molecule has 0 heterocycles. The molecule has 0 aromatic heterocycles. The number of halogens is 36. The summed E-state index contributed by atoms with van der Waals surface area (Å²) >= 11 is 0. The Kier molecular flexibility index (Phi) is 33.7. The largest absolute Gasteiger partial charge is 0.631 e. The Morgan fingerprint density at radius 1 is 0.170 bits per heavy atom. The van der Waals surface area contributed by atoms with E-state index in [2.05, 4.69) is 58.9 Å². The van der Waals surface area contributed by atoms with Gasteiger partial charge in [0.15, 0.2) is 186 Å². The summed E-state index contributed by atoms with van der Waals surface area (Å²) < 4.78 is 470. The Hall–Kier alpha value is -8.16. The van der Waals surface area contributed by atoms with Crippen LogP contribution in [-0.2, 0) is 0 Å². The molecule has 0 aliphatic heterocycles. The molecule has 8 aromatic rings. The highest BCUT2D eigenvalue weighted by Gasteiger charge is 2.36. The van der Waals surface area contributed by atoms with Crippen LogP contribution < -0.4 is 0 Å². The first-order valence-electron chi connectivity index (χ1n) is 25.4. The van der Waals surface area contributed by atoms with Crippen molar-refractivity contribution in [3.8, 4) is 44.5 Å². The molecule has 0 unspecified atom stereocenters. The lowest BCUT2D eigenvalue weighted by molar-refractivity contribution is 0.278. The highest BCUT2D eigenvalue weighted by Crippen LogP contribution is 2.40. The van der Waals surface area contributed by atoms with Gasteiger partial charge in [-0.15, -0.1) is 0 Å². The topological polar surface area (TPSA) is 60.7 Å². The predicted octanol–water partition coefficient (Wildman–Crippen LogP) is 20.5. The van der Waals surface area contributed by atoms with Crippen molar-refractivity contribution in [1.82, 2.24) is 0 Å². The molecule has 8 rings (SSSR count). The lowest BCUT2D eigenvalue weighted by Gasteiger charge is -2.10.